The Balaban J connectivity index is 1.74. The van der Waals surface area contributed by atoms with Gasteiger partial charge >= 0.3 is 0 Å². The van der Waals surface area contributed by atoms with Gasteiger partial charge in [0.2, 0.25) is 15.9 Å². The maximum atomic E-state index is 12.1. The molecule has 0 aliphatic heterocycles. The Morgan fingerprint density at radius 3 is 2.52 bits per heavy atom. The van der Waals surface area contributed by atoms with Gasteiger partial charge in [0.15, 0.2) is 0 Å². The van der Waals surface area contributed by atoms with Gasteiger partial charge in [0.05, 0.1) is 25.6 Å². The highest BCUT2D eigenvalue weighted by Gasteiger charge is 2.17. The van der Waals surface area contributed by atoms with Crippen LogP contribution in [0.2, 0.25) is 0 Å². The van der Waals surface area contributed by atoms with E-state index in [1.54, 1.807) is 19.2 Å². The van der Waals surface area contributed by atoms with E-state index in [4.69, 9.17) is 9.47 Å². The maximum absolute atomic E-state index is 12.1. The largest absolute Gasteiger partial charge is 0.497 e. The second-order valence-electron chi connectivity index (χ2n) is 6.66. The molecule has 0 saturated heterocycles. The summed E-state index contributed by atoms with van der Waals surface area (Å²) in [6.45, 7) is 2.85. The predicted molar refractivity (Wildman–Crippen MR) is 114 cm³/mol. The molecule has 0 aliphatic carbocycles. The third-order valence-corrected chi connectivity index (χ3v) is 5.38. The van der Waals surface area contributed by atoms with Gasteiger partial charge in [-0.2, -0.15) is 0 Å². The van der Waals surface area contributed by atoms with Crippen LogP contribution in [0.1, 0.15) is 18.4 Å². The molecule has 8 heteroatoms. The minimum atomic E-state index is -3.42. The molecule has 0 aliphatic rings. The Kier molecular flexibility index (Phi) is 8.33. The molecular formula is C21H28N2O5S. The number of sulfonamides is 1. The molecule has 0 bridgehead atoms. The van der Waals surface area contributed by atoms with Gasteiger partial charge in [-0.15, -0.1) is 0 Å². The fourth-order valence-corrected chi connectivity index (χ4v) is 3.75. The predicted octanol–water partition coefficient (Wildman–Crippen LogP) is 2.75. The van der Waals surface area contributed by atoms with Gasteiger partial charge in [-0.1, -0.05) is 18.2 Å². The first-order valence-corrected chi connectivity index (χ1v) is 11.2. The van der Waals surface area contributed by atoms with E-state index < -0.39 is 10.0 Å². The van der Waals surface area contributed by atoms with Crippen LogP contribution in [0.3, 0.4) is 0 Å². The Hall–Kier alpha value is -2.74. The summed E-state index contributed by atoms with van der Waals surface area (Å²) in [6.07, 6.45) is 1.83. The van der Waals surface area contributed by atoms with Crippen molar-refractivity contribution in [2.75, 3.05) is 37.4 Å². The topological polar surface area (TPSA) is 84.9 Å². The lowest BCUT2D eigenvalue weighted by Gasteiger charge is -2.22. The molecule has 0 fully saturated rings. The first-order chi connectivity index (χ1) is 13.8. The molecule has 29 heavy (non-hydrogen) atoms. The Labute approximate surface area is 172 Å². The average molecular weight is 421 g/mol. The van der Waals surface area contributed by atoms with E-state index in [9.17, 15) is 13.2 Å². The van der Waals surface area contributed by atoms with Gasteiger partial charge in [0.25, 0.3) is 0 Å². The zero-order valence-electron chi connectivity index (χ0n) is 17.1. The maximum Gasteiger partial charge on any atom is 0.232 e. The van der Waals surface area contributed by atoms with E-state index in [1.807, 2.05) is 43.3 Å². The first-order valence-electron chi connectivity index (χ1n) is 9.37. The molecule has 0 aromatic heterocycles. The van der Waals surface area contributed by atoms with Gasteiger partial charge in [0.1, 0.15) is 18.1 Å². The molecule has 7 nitrogen and oxygen atoms in total. The van der Waals surface area contributed by atoms with E-state index >= 15 is 0 Å². The second kappa shape index (κ2) is 10.7. The molecule has 0 saturated carbocycles. The lowest BCUT2D eigenvalue weighted by Crippen LogP contribution is -2.33. The number of methoxy groups -OCH3 is 1. The monoisotopic (exact) mass is 420 g/mol. The zero-order valence-corrected chi connectivity index (χ0v) is 17.9. The van der Waals surface area contributed by atoms with E-state index in [0.717, 1.165) is 5.56 Å². The van der Waals surface area contributed by atoms with Crippen LogP contribution in [0.4, 0.5) is 5.69 Å². The van der Waals surface area contributed by atoms with Crippen LogP contribution in [0.5, 0.6) is 11.5 Å². The lowest BCUT2D eigenvalue weighted by molar-refractivity contribution is -0.121. The standard InChI is InChI=1S/C21H28N2O5S/c1-17-7-4-8-18(15-17)23(29(3,25)26)13-6-11-21(24)22-12-14-28-20-10-5-9-19(16-20)27-2/h4-5,7-10,15-16H,6,11-14H2,1-3H3,(H,22,24). The number of anilines is 1. The molecule has 0 atom stereocenters. The van der Waals surface area contributed by atoms with Gasteiger partial charge in [0, 0.05) is 19.0 Å². The Morgan fingerprint density at radius 1 is 1.10 bits per heavy atom. The molecule has 1 amide bonds. The van der Waals surface area contributed by atoms with E-state index in [1.165, 1.54) is 10.6 Å². The van der Waals surface area contributed by atoms with Crippen LogP contribution in [0.15, 0.2) is 48.5 Å². The number of rotatable bonds is 11. The van der Waals surface area contributed by atoms with Crippen LogP contribution in [0, 0.1) is 6.92 Å². The molecule has 2 aromatic rings. The summed E-state index contributed by atoms with van der Waals surface area (Å²) in [6, 6.07) is 14.5. The highest BCUT2D eigenvalue weighted by molar-refractivity contribution is 7.92. The van der Waals surface area contributed by atoms with Crippen LogP contribution in [0.25, 0.3) is 0 Å². The van der Waals surface area contributed by atoms with Crippen molar-refractivity contribution in [3.8, 4) is 11.5 Å². The fraction of sp³-hybridized carbons (Fsp3) is 0.381. The van der Waals surface area contributed by atoms with Gasteiger partial charge in [-0.3, -0.25) is 9.10 Å². The number of benzene rings is 2. The van der Waals surface area contributed by atoms with Crippen molar-refractivity contribution in [2.24, 2.45) is 0 Å². The van der Waals surface area contributed by atoms with Crippen molar-refractivity contribution in [1.29, 1.82) is 0 Å². The fourth-order valence-electron chi connectivity index (χ4n) is 2.79. The molecule has 0 radical (unpaired) electrons. The van der Waals surface area contributed by atoms with Gasteiger partial charge in [-0.05, 0) is 43.2 Å². The number of nitrogens with one attached hydrogen (secondary N) is 1. The number of hydrogen-bond donors (Lipinski definition) is 1. The molecule has 0 heterocycles. The van der Waals surface area contributed by atoms with Crippen LogP contribution in [-0.2, 0) is 14.8 Å². The Morgan fingerprint density at radius 2 is 1.83 bits per heavy atom. The smallest absolute Gasteiger partial charge is 0.232 e. The second-order valence-corrected chi connectivity index (χ2v) is 8.56. The van der Waals surface area contributed by atoms with Crippen molar-refractivity contribution in [3.63, 3.8) is 0 Å². The SMILES string of the molecule is COc1cccc(OCCNC(=O)CCCN(c2cccc(C)c2)S(C)(=O)=O)c1. The van der Waals surface area contributed by atoms with E-state index in [-0.39, 0.29) is 18.9 Å². The minimum Gasteiger partial charge on any atom is -0.497 e. The quantitative estimate of drug-likeness (QED) is 0.565. The molecule has 0 unspecified atom stereocenters. The number of nitrogens with zero attached hydrogens (tertiary/aromatic N) is 1. The number of ether oxygens (including phenoxy) is 2. The summed E-state index contributed by atoms with van der Waals surface area (Å²) in [5.74, 6) is 1.23. The van der Waals surface area contributed by atoms with Crippen molar-refractivity contribution in [1.82, 2.24) is 5.32 Å². The summed E-state index contributed by atoms with van der Waals surface area (Å²) < 4.78 is 36.3. The van der Waals surface area contributed by atoms with Crippen molar-refractivity contribution < 1.29 is 22.7 Å². The normalized spacial score (nSPS) is 11.0. The number of hydrogen-bond acceptors (Lipinski definition) is 5. The Bertz CT molecular complexity index is 915. The van der Waals surface area contributed by atoms with E-state index in [2.05, 4.69) is 5.32 Å². The third kappa shape index (κ3) is 7.65. The van der Waals surface area contributed by atoms with Crippen LogP contribution in [-0.4, -0.2) is 47.4 Å². The van der Waals surface area contributed by atoms with Crippen molar-refractivity contribution in [2.45, 2.75) is 19.8 Å². The third-order valence-electron chi connectivity index (χ3n) is 4.19. The van der Waals surface area contributed by atoms with E-state index in [0.29, 0.717) is 36.8 Å². The first kappa shape index (κ1) is 22.5. The average Bonchev–Trinajstić information content (AvgIpc) is 2.68. The molecule has 1 N–H and O–H groups in total. The summed E-state index contributed by atoms with van der Waals surface area (Å²) in [7, 11) is -1.83. The lowest BCUT2D eigenvalue weighted by atomic mass is 10.2. The summed E-state index contributed by atoms with van der Waals surface area (Å²) in [5.41, 5.74) is 1.59. The van der Waals surface area contributed by atoms with Gasteiger partial charge in [-0.25, -0.2) is 8.42 Å². The molecule has 2 rings (SSSR count). The molecular weight excluding hydrogens is 392 g/mol. The summed E-state index contributed by atoms with van der Waals surface area (Å²) in [4.78, 5) is 12.0. The number of carbonyl (C=O) groups excluding carboxylic acids is 1. The summed E-state index contributed by atoms with van der Waals surface area (Å²) >= 11 is 0. The molecule has 0 spiro atoms. The van der Waals surface area contributed by atoms with Crippen molar-refractivity contribution >= 4 is 21.6 Å². The van der Waals surface area contributed by atoms with Gasteiger partial charge < -0.3 is 14.8 Å². The number of carbonyl (C=O) groups is 1. The molecule has 158 valence electrons. The van der Waals surface area contributed by atoms with Crippen LogP contribution >= 0.6 is 0 Å². The molecule has 2 aromatic carbocycles. The minimum absolute atomic E-state index is 0.142. The van der Waals surface area contributed by atoms with Crippen molar-refractivity contribution in [3.05, 3.63) is 54.1 Å². The number of aryl methyl sites for hydroxylation is 1. The number of amides is 1. The summed E-state index contributed by atoms with van der Waals surface area (Å²) in [5, 5.41) is 2.78. The van der Waals surface area contributed by atoms with Crippen LogP contribution < -0.4 is 19.1 Å². The highest BCUT2D eigenvalue weighted by Crippen LogP contribution is 2.20. The highest BCUT2D eigenvalue weighted by atomic mass is 32.2. The zero-order chi connectivity index (χ0) is 21.3.